The molecule has 8 heteroatoms. The molecule has 168 valence electrons. The molecule has 0 saturated carbocycles. The van der Waals surface area contributed by atoms with Gasteiger partial charge in [0.2, 0.25) is 0 Å². The summed E-state index contributed by atoms with van der Waals surface area (Å²) < 4.78 is 28.9. The van der Waals surface area contributed by atoms with E-state index in [1.165, 1.54) is 23.9 Å². The third-order valence-corrected chi connectivity index (χ3v) is 7.33. The van der Waals surface area contributed by atoms with E-state index in [1.54, 1.807) is 42.5 Å². The Morgan fingerprint density at radius 2 is 1.48 bits per heavy atom. The molecule has 0 radical (unpaired) electrons. The van der Waals surface area contributed by atoms with Crippen molar-refractivity contribution in [2.45, 2.75) is 9.79 Å². The molecular formula is C25H22N2O4S2. The van der Waals surface area contributed by atoms with Gasteiger partial charge in [-0.05, 0) is 42.5 Å². The molecule has 4 aromatic rings. The third kappa shape index (κ3) is 5.24. The Labute approximate surface area is 196 Å². The number of aromatic hydroxyl groups is 1. The molecule has 0 aliphatic heterocycles. The molecule has 4 aromatic carbocycles. The Bertz CT molecular complexity index is 1400. The largest absolute Gasteiger partial charge is 0.512 e. The number of aliphatic hydroxyl groups excluding tert-OH is 1. The topological polar surface area (TPSA) is 98.7 Å². The predicted molar refractivity (Wildman–Crippen MR) is 135 cm³/mol. The number of fused-ring (bicyclic) bond motifs is 1. The molecule has 6 nitrogen and oxygen atoms in total. The van der Waals surface area contributed by atoms with E-state index in [4.69, 9.17) is 0 Å². The number of phenols is 1. The maximum atomic E-state index is 13.1. The number of sulfonamides is 1. The molecule has 0 spiro atoms. The van der Waals surface area contributed by atoms with E-state index >= 15 is 0 Å². The normalized spacial score (nSPS) is 11.3. The highest BCUT2D eigenvalue weighted by Crippen LogP contribution is 2.40. The molecule has 0 saturated heterocycles. The second-order valence-corrected chi connectivity index (χ2v) is 9.99. The van der Waals surface area contributed by atoms with Gasteiger partial charge < -0.3 is 15.5 Å². The molecule has 4 rings (SSSR count). The minimum atomic E-state index is -3.89. The number of aliphatic hydroxyl groups is 1. The Morgan fingerprint density at radius 1 is 0.879 bits per heavy atom. The van der Waals surface area contributed by atoms with Gasteiger partial charge in [0.05, 0.1) is 27.0 Å². The molecule has 0 aliphatic carbocycles. The molecule has 0 amide bonds. The first-order chi connectivity index (χ1) is 15.8. The van der Waals surface area contributed by atoms with Gasteiger partial charge in [0.1, 0.15) is 5.75 Å². The molecule has 33 heavy (non-hydrogen) atoms. The third-order valence-electron chi connectivity index (χ3n) is 4.85. The fourth-order valence-corrected chi connectivity index (χ4v) is 5.14. The molecule has 0 aliphatic rings. The quantitative estimate of drug-likeness (QED) is 0.136. The molecule has 0 bridgehead atoms. The van der Waals surface area contributed by atoms with Crippen LogP contribution in [0.3, 0.4) is 0 Å². The van der Waals surface area contributed by atoms with Crippen LogP contribution in [0.2, 0.25) is 0 Å². The number of hydrogen-bond donors (Lipinski definition) is 4. The lowest BCUT2D eigenvalue weighted by molar-refractivity contribution is 0.420. The summed E-state index contributed by atoms with van der Waals surface area (Å²) in [6, 6.07) is 24.6. The van der Waals surface area contributed by atoms with Gasteiger partial charge in [-0.15, -0.1) is 11.8 Å². The lowest BCUT2D eigenvalue weighted by Crippen LogP contribution is -2.13. The standard InChI is InChI=1S/C25H22N2O4S2/c1-17(28)16-32-24-15-23(21-9-5-6-10-22(21)25(24)29)27-33(30,31)20-13-11-19(12-14-20)26-18-7-3-2-4-8-18/h2-15,26-29H,1,16H2. The summed E-state index contributed by atoms with van der Waals surface area (Å²) in [6.07, 6.45) is 0. The van der Waals surface area contributed by atoms with Crippen molar-refractivity contribution in [3.05, 3.63) is 97.3 Å². The average molecular weight is 479 g/mol. The molecule has 0 aromatic heterocycles. The SMILES string of the molecule is C=C(O)CSc1cc(NS(=O)(=O)c2ccc(Nc3ccccc3)cc2)c2ccccc2c1O. The zero-order valence-corrected chi connectivity index (χ0v) is 19.2. The van der Waals surface area contributed by atoms with Crippen LogP contribution < -0.4 is 10.0 Å². The Balaban J connectivity index is 1.64. The van der Waals surface area contributed by atoms with E-state index in [2.05, 4.69) is 16.6 Å². The summed E-state index contributed by atoms with van der Waals surface area (Å²) in [7, 11) is -3.89. The number of benzene rings is 4. The highest BCUT2D eigenvalue weighted by atomic mass is 32.2. The number of para-hydroxylation sites is 1. The van der Waals surface area contributed by atoms with Crippen LogP contribution in [0.1, 0.15) is 0 Å². The monoisotopic (exact) mass is 478 g/mol. The number of phenolic OH excluding ortho intramolecular Hbond substituents is 1. The van der Waals surface area contributed by atoms with Gasteiger partial charge in [-0.2, -0.15) is 0 Å². The maximum absolute atomic E-state index is 13.1. The molecule has 0 fully saturated rings. The maximum Gasteiger partial charge on any atom is 0.261 e. The van der Waals surface area contributed by atoms with Crippen LogP contribution in [-0.4, -0.2) is 24.4 Å². The van der Waals surface area contributed by atoms with E-state index in [-0.39, 0.29) is 22.2 Å². The van der Waals surface area contributed by atoms with Gasteiger partial charge in [0.25, 0.3) is 10.0 Å². The van der Waals surface area contributed by atoms with Crippen LogP contribution in [0.4, 0.5) is 17.1 Å². The van der Waals surface area contributed by atoms with Crippen LogP contribution in [-0.2, 0) is 10.0 Å². The number of anilines is 3. The molecular weight excluding hydrogens is 456 g/mol. The summed E-state index contributed by atoms with van der Waals surface area (Å²) >= 11 is 1.17. The van der Waals surface area contributed by atoms with Crippen LogP contribution in [0.25, 0.3) is 10.8 Å². The highest BCUT2D eigenvalue weighted by Gasteiger charge is 2.19. The zero-order chi connectivity index (χ0) is 23.4. The first kappa shape index (κ1) is 22.6. The van der Waals surface area contributed by atoms with Gasteiger partial charge >= 0.3 is 0 Å². The lowest BCUT2D eigenvalue weighted by Gasteiger charge is -2.15. The van der Waals surface area contributed by atoms with Crippen LogP contribution in [0.5, 0.6) is 5.75 Å². The second kappa shape index (κ2) is 9.48. The average Bonchev–Trinajstić information content (AvgIpc) is 2.81. The fraction of sp³-hybridized carbons (Fsp3) is 0.0400. The van der Waals surface area contributed by atoms with E-state index < -0.39 is 10.0 Å². The number of thioether (sulfide) groups is 1. The predicted octanol–water partition coefficient (Wildman–Crippen LogP) is 6.25. The van der Waals surface area contributed by atoms with Gasteiger partial charge in [-0.25, -0.2) is 8.42 Å². The number of nitrogens with one attached hydrogen (secondary N) is 2. The minimum Gasteiger partial charge on any atom is -0.512 e. The second-order valence-electron chi connectivity index (χ2n) is 7.29. The van der Waals surface area contributed by atoms with Crippen molar-refractivity contribution in [1.82, 2.24) is 0 Å². The van der Waals surface area contributed by atoms with E-state index in [9.17, 15) is 18.6 Å². The molecule has 0 atom stereocenters. The van der Waals surface area contributed by atoms with E-state index in [0.717, 1.165) is 11.4 Å². The van der Waals surface area contributed by atoms with Crippen molar-refractivity contribution >= 4 is 49.6 Å². The molecule has 0 heterocycles. The van der Waals surface area contributed by atoms with Gasteiger partial charge in [0, 0.05) is 22.1 Å². The Kier molecular flexibility index (Phi) is 6.48. The van der Waals surface area contributed by atoms with Crippen molar-refractivity contribution in [2.24, 2.45) is 0 Å². The number of hydrogen-bond acceptors (Lipinski definition) is 6. The molecule has 4 N–H and O–H groups in total. The smallest absolute Gasteiger partial charge is 0.261 e. The minimum absolute atomic E-state index is 0.0242. The summed E-state index contributed by atoms with van der Waals surface area (Å²) in [5.41, 5.74) is 2.00. The van der Waals surface area contributed by atoms with Crippen molar-refractivity contribution in [3.8, 4) is 5.75 Å². The van der Waals surface area contributed by atoms with Crippen LogP contribution >= 0.6 is 11.8 Å². The fourth-order valence-electron chi connectivity index (χ4n) is 3.30. The molecule has 0 unspecified atom stereocenters. The van der Waals surface area contributed by atoms with Crippen molar-refractivity contribution < 1.29 is 18.6 Å². The summed E-state index contributed by atoms with van der Waals surface area (Å²) in [5.74, 6) is 0.156. The summed E-state index contributed by atoms with van der Waals surface area (Å²) in [4.78, 5) is 0.542. The summed E-state index contributed by atoms with van der Waals surface area (Å²) in [5, 5.41) is 24.4. The Hall–Kier alpha value is -3.62. The van der Waals surface area contributed by atoms with Gasteiger partial charge in [-0.3, -0.25) is 4.72 Å². The van der Waals surface area contributed by atoms with E-state index in [0.29, 0.717) is 21.4 Å². The zero-order valence-electron chi connectivity index (χ0n) is 17.5. The van der Waals surface area contributed by atoms with Crippen LogP contribution in [0, 0.1) is 0 Å². The first-order valence-corrected chi connectivity index (χ1v) is 12.5. The van der Waals surface area contributed by atoms with Crippen molar-refractivity contribution in [3.63, 3.8) is 0 Å². The van der Waals surface area contributed by atoms with E-state index in [1.807, 2.05) is 30.3 Å². The van der Waals surface area contributed by atoms with Crippen molar-refractivity contribution in [2.75, 3.05) is 15.8 Å². The number of rotatable bonds is 8. The highest BCUT2D eigenvalue weighted by molar-refractivity contribution is 7.99. The van der Waals surface area contributed by atoms with Gasteiger partial charge in [0.15, 0.2) is 0 Å². The van der Waals surface area contributed by atoms with Gasteiger partial charge in [-0.1, -0.05) is 49.0 Å². The van der Waals surface area contributed by atoms with Crippen LogP contribution in [0.15, 0.2) is 107 Å². The summed E-state index contributed by atoms with van der Waals surface area (Å²) in [6.45, 7) is 3.45. The lowest BCUT2D eigenvalue weighted by atomic mass is 10.1. The first-order valence-electron chi connectivity index (χ1n) is 10.0. The van der Waals surface area contributed by atoms with Crippen molar-refractivity contribution in [1.29, 1.82) is 0 Å². The Morgan fingerprint density at radius 3 is 2.15 bits per heavy atom.